The van der Waals surface area contributed by atoms with Crippen LogP contribution in [0.2, 0.25) is 0 Å². The van der Waals surface area contributed by atoms with E-state index in [1.807, 2.05) is 41.8 Å². The Kier molecular flexibility index (Phi) is 7.04. The quantitative estimate of drug-likeness (QED) is 0.514. The Morgan fingerprint density at radius 3 is 2.45 bits per heavy atom. The Hall–Kier alpha value is -2.67. The van der Waals surface area contributed by atoms with Gasteiger partial charge >= 0.3 is 0 Å². The van der Waals surface area contributed by atoms with E-state index in [4.69, 9.17) is 0 Å². The van der Waals surface area contributed by atoms with Gasteiger partial charge in [-0.1, -0.05) is 62.9 Å². The molecule has 7 heteroatoms. The van der Waals surface area contributed by atoms with Crippen LogP contribution in [0.25, 0.3) is 11.4 Å². The summed E-state index contributed by atoms with van der Waals surface area (Å²) in [7, 11) is 0. The number of benzene rings is 2. The lowest BCUT2D eigenvalue weighted by molar-refractivity contribution is -0.115. The van der Waals surface area contributed by atoms with Gasteiger partial charge in [-0.3, -0.25) is 4.79 Å². The lowest BCUT2D eigenvalue weighted by Crippen LogP contribution is -2.25. The van der Waals surface area contributed by atoms with Crippen molar-refractivity contribution in [3.8, 4) is 11.4 Å². The Morgan fingerprint density at radius 1 is 1.10 bits per heavy atom. The number of thioether (sulfide) groups is 1. The number of para-hydroxylation sites is 1. The molecule has 0 aliphatic rings. The minimum atomic E-state index is -0.338. The Morgan fingerprint density at radius 2 is 1.79 bits per heavy atom. The van der Waals surface area contributed by atoms with Crippen molar-refractivity contribution >= 4 is 23.4 Å². The van der Waals surface area contributed by atoms with Crippen LogP contribution in [0, 0.1) is 11.7 Å². The smallest absolute Gasteiger partial charge is 0.237 e. The standard InChI is InChI=1S/C22H25FN4OS/c1-4-19(21(28)24-16-10-6-5-7-11-16)29-22-26-25-20(27(22)14-15(2)3)17-12-8-9-13-18(17)23/h5-13,15,19H,4,14H2,1-3H3,(H,24,28)/t19-/m1/s1. The first-order chi connectivity index (χ1) is 14.0. The maximum Gasteiger partial charge on any atom is 0.237 e. The summed E-state index contributed by atoms with van der Waals surface area (Å²) in [4.78, 5) is 12.8. The van der Waals surface area contributed by atoms with Crippen LogP contribution in [0.4, 0.5) is 10.1 Å². The van der Waals surface area contributed by atoms with E-state index in [0.29, 0.717) is 35.4 Å². The normalized spacial score (nSPS) is 12.2. The van der Waals surface area contributed by atoms with Crippen molar-refractivity contribution in [1.29, 1.82) is 0 Å². The zero-order chi connectivity index (χ0) is 20.8. The molecular weight excluding hydrogens is 387 g/mol. The lowest BCUT2D eigenvalue weighted by atomic mass is 10.2. The molecule has 1 amide bonds. The zero-order valence-corrected chi connectivity index (χ0v) is 17.6. The van der Waals surface area contributed by atoms with Crippen molar-refractivity contribution < 1.29 is 9.18 Å². The highest BCUT2D eigenvalue weighted by atomic mass is 32.2. The van der Waals surface area contributed by atoms with E-state index in [9.17, 15) is 9.18 Å². The van der Waals surface area contributed by atoms with Gasteiger partial charge in [-0.25, -0.2) is 4.39 Å². The number of nitrogens with zero attached hydrogens (tertiary/aromatic N) is 3. The number of amides is 1. The Bertz CT molecular complexity index is 958. The summed E-state index contributed by atoms with van der Waals surface area (Å²) in [5.74, 6) is 0.372. The zero-order valence-electron chi connectivity index (χ0n) is 16.8. The van der Waals surface area contributed by atoms with Crippen LogP contribution in [-0.2, 0) is 11.3 Å². The third-order valence-electron chi connectivity index (χ3n) is 4.33. The molecule has 0 saturated carbocycles. The number of halogens is 1. The molecule has 1 N–H and O–H groups in total. The van der Waals surface area contributed by atoms with Crippen molar-refractivity contribution in [3.05, 3.63) is 60.4 Å². The first-order valence-corrected chi connectivity index (χ1v) is 10.6. The maximum atomic E-state index is 14.3. The van der Waals surface area contributed by atoms with Crippen LogP contribution < -0.4 is 5.32 Å². The molecule has 1 atom stereocenters. The van der Waals surface area contributed by atoms with Crippen molar-refractivity contribution in [2.24, 2.45) is 5.92 Å². The number of hydrogen-bond donors (Lipinski definition) is 1. The van der Waals surface area contributed by atoms with Crippen LogP contribution in [0.5, 0.6) is 0 Å². The fraction of sp³-hybridized carbons (Fsp3) is 0.318. The molecule has 5 nitrogen and oxygen atoms in total. The summed E-state index contributed by atoms with van der Waals surface area (Å²) in [6.45, 7) is 6.76. The summed E-state index contributed by atoms with van der Waals surface area (Å²) < 4.78 is 16.3. The van der Waals surface area contributed by atoms with Crippen LogP contribution in [0.1, 0.15) is 27.2 Å². The summed E-state index contributed by atoms with van der Waals surface area (Å²) in [6, 6.07) is 15.9. The third-order valence-corrected chi connectivity index (χ3v) is 5.68. The van der Waals surface area contributed by atoms with E-state index in [1.165, 1.54) is 17.8 Å². The Labute approximate surface area is 174 Å². The van der Waals surface area contributed by atoms with Gasteiger partial charge in [-0.2, -0.15) is 0 Å². The van der Waals surface area contributed by atoms with Gasteiger partial charge < -0.3 is 9.88 Å². The number of anilines is 1. The van der Waals surface area contributed by atoms with E-state index < -0.39 is 0 Å². The van der Waals surface area contributed by atoms with Crippen LogP contribution >= 0.6 is 11.8 Å². The van der Waals surface area contributed by atoms with Gasteiger partial charge in [0, 0.05) is 12.2 Å². The molecule has 2 aromatic carbocycles. The molecule has 3 rings (SSSR count). The van der Waals surface area contributed by atoms with Gasteiger partial charge in [0.25, 0.3) is 0 Å². The van der Waals surface area contributed by atoms with E-state index >= 15 is 0 Å². The van der Waals surface area contributed by atoms with Crippen LogP contribution in [0.3, 0.4) is 0 Å². The minimum absolute atomic E-state index is 0.0877. The van der Waals surface area contributed by atoms with Crippen molar-refractivity contribution in [2.75, 3.05) is 5.32 Å². The second kappa shape index (κ2) is 9.69. The largest absolute Gasteiger partial charge is 0.325 e. The SMILES string of the molecule is CC[C@@H](Sc1nnc(-c2ccccc2F)n1CC(C)C)C(=O)Nc1ccccc1. The van der Waals surface area contributed by atoms with E-state index in [2.05, 4.69) is 29.4 Å². The monoisotopic (exact) mass is 412 g/mol. The summed E-state index contributed by atoms with van der Waals surface area (Å²) in [5, 5.41) is 11.8. The van der Waals surface area contributed by atoms with Crippen molar-refractivity contribution in [2.45, 2.75) is 44.1 Å². The number of carbonyl (C=O) groups excluding carboxylic acids is 1. The van der Waals surface area contributed by atoms with Gasteiger partial charge in [-0.05, 0) is 36.6 Å². The average molecular weight is 413 g/mol. The van der Waals surface area contributed by atoms with Gasteiger partial charge in [-0.15, -0.1) is 10.2 Å². The molecule has 0 unspecified atom stereocenters. The van der Waals surface area contributed by atoms with E-state index in [0.717, 1.165) is 5.69 Å². The highest BCUT2D eigenvalue weighted by Gasteiger charge is 2.24. The lowest BCUT2D eigenvalue weighted by Gasteiger charge is -2.17. The van der Waals surface area contributed by atoms with Crippen LogP contribution in [0.15, 0.2) is 59.8 Å². The third kappa shape index (κ3) is 5.23. The topological polar surface area (TPSA) is 59.8 Å². The molecular formula is C22H25FN4OS. The van der Waals surface area contributed by atoms with Crippen LogP contribution in [-0.4, -0.2) is 25.9 Å². The van der Waals surface area contributed by atoms with Gasteiger partial charge in [0.1, 0.15) is 5.82 Å². The molecule has 0 aliphatic heterocycles. The fourth-order valence-corrected chi connectivity index (χ4v) is 3.90. The molecule has 0 spiro atoms. The first kappa shape index (κ1) is 21.0. The summed E-state index contributed by atoms with van der Waals surface area (Å²) in [6.07, 6.45) is 0.632. The fourth-order valence-electron chi connectivity index (χ4n) is 2.94. The number of aromatic nitrogens is 3. The molecule has 1 heterocycles. The molecule has 152 valence electrons. The Balaban J connectivity index is 1.87. The molecule has 1 aromatic heterocycles. The predicted molar refractivity (Wildman–Crippen MR) is 115 cm³/mol. The van der Waals surface area contributed by atoms with Crippen molar-refractivity contribution in [3.63, 3.8) is 0 Å². The minimum Gasteiger partial charge on any atom is -0.325 e. The highest BCUT2D eigenvalue weighted by molar-refractivity contribution is 8.00. The summed E-state index contributed by atoms with van der Waals surface area (Å²) in [5.41, 5.74) is 1.17. The molecule has 0 saturated heterocycles. The molecule has 29 heavy (non-hydrogen) atoms. The molecule has 0 bridgehead atoms. The number of carbonyl (C=O) groups is 1. The second-order valence-electron chi connectivity index (χ2n) is 7.16. The highest BCUT2D eigenvalue weighted by Crippen LogP contribution is 2.30. The molecule has 0 fully saturated rings. The predicted octanol–water partition coefficient (Wildman–Crippen LogP) is 5.25. The number of hydrogen-bond acceptors (Lipinski definition) is 4. The first-order valence-electron chi connectivity index (χ1n) is 9.70. The van der Waals surface area contributed by atoms with Gasteiger partial charge in [0.2, 0.25) is 5.91 Å². The maximum absolute atomic E-state index is 14.3. The molecule has 0 aliphatic carbocycles. The number of rotatable bonds is 8. The average Bonchev–Trinajstić information content (AvgIpc) is 3.08. The van der Waals surface area contributed by atoms with E-state index in [-0.39, 0.29) is 17.0 Å². The van der Waals surface area contributed by atoms with Gasteiger partial charge in [0.05, 0.1) is 10.8 Å². The summed E-state index contributed by atoms with van der Waals surface area (Å²) >= 11 is 1.36. The molecule has 0 radical (unpaired) electrons. The van der Waals surface area contributed by atoms with Gasteiger partial charge in [0.15, 0.2) is 11.0 Å². The van der Waals surface area contributed by atoms with E-state index in [1.54, 1.807) is 18.2 Å². The second-order valence-corrected chi connectivity index (χ2v) is 8.33. The number of nitrogens with one attached hydrogen (secondary N) is 1. The molecule has 3 aromatic rings. The van der Waals surface area contributed by atoms with Crippen molar-refractivity contribution in [1.82, 2.24) is 14.8 Å².